The van der Waals surface area contributed by atoms with Crippen molar-refractivity contribution in [2.45, 2.75) is 13.5 Å². The Morgan fingerprint density at radius 1 is 1.17 bits per heavy atom. The van der Waals surface area contributed by atoms with Crippen LogP contribution in [0, 0.1) is 6.92 Å². The predicted molar refractivity (Wildman–Crippen MR) is 71.2 cm³/mol. The normalized spacial score (nSPS) is 10.3. The molecule has 0 saturated carbocycles. The molecule has 0 bridgehead atoms. The van der Waals surface area contributed by atoms with E-state index in [9.17, 15) is 9.59 Å². The maximum Gasteiger partial charge on any atom is 0.320 e. The lowest BCUT2D eigenvalue weighted by Gasteiger charge is -2.09. The van der Waals surface area contributed by atoms with Crippen LogP contribution in [0.15, 0.2) is 58.9 Å². The van der Waals surface area contributed by atoms with Gasteiger partial charge in [0.25, 0.3) is 0 Å². The number of allylic oxidation sites excluding steroid dienone is 1. The summed E-state index contributed by atoms with van der Waals surface area (Å²) in [5.74, 6) is 0. The van der Waals surface area contributed by atoms with Crippen LogP contribution in [0.1, 0.15) is 5.56 Å². The van der Waals surface area contributed by atoms with Gasteiger partial charge in [0.2, 0.25) is 0 Å². The summed E-state index contributed by atoms with van der Waals surface area (Å²) in [5.41, 5.74) is 0.583. The zero-order chi connectivity index (χ0) is 13.1. The summed E-state index contributed by atoms with van der Waals surface area (Å²) < 4.78 is 2.71. The second-order valence-electron chi connectivity index (χ2n) is 4.01. The Kier molecular flexibility index (Phi) is 3.28. The van der Waals surface area contributed by atoms with E-state index in [4.69, 9.17) is 0 Å². The Hall–Kier alpha value is -2.36. The van der Waals surface area contributed by atoms with Crippen molar-refractivity contribution in [2.24, 2.45) is 0 Å². The van der Waals surface area contributed by atoms with Gasteiger partial charge in [0.1, 0.15) is 0 Å². The second kappa shape index (κ2) is 4.87. The lowest BCUT2D eigenvalue weighted by atomic mass is 10.2. The van der Waals surface area contributed by atoms with Crippen LogP contribution in [0.25, 0.3) is 5.69 Å². The highest BCUT2D eigenvalue weighted by molar-refractivity contribution is 5.39. The molecule has 0 radical (unpaired) electrons. The van der Waals surface area contributed by atoms with E-state index in [1.54, 1.807) is 18.5 Å². The number of aromatic nitrogens is 2. The SMILES string of the molecule is C=CCn1ccn(-c2ccccc2C)c(=O)c1=O. The van der Waals surface area contributed by atoms with Gasteiger partial charge in [-0.2, -0.15) is 0 Å². The zero-order valence-corrected chi connectivity index (χ0v) is 10.2. The Morgan fingerprint density at radius 3 is 2.56 bits per heavy atom. The minimum Gasteiger partial charge on any atom is -0.306 e. The summed E-state index contributed by atoms with van der Waals surface area (Å²) in [6.45, 7) is 5.79. The van der Waals surface area contributed by atoms with Gasteiger partial charge in [-0.15, -0.1) is 6.58 Å². The van der Waals surface area contributed by atoms with Crippen LogP contribution in [0.2, 0.25) is 0 Å². The average molecular weight is 242 g/mol. The number of benzene rings is 1. The van der Waals surface area contributed by atoms with Gasteiger partial charge in [0.15, 0.2) is 0 Å². The molecule has 92 valence electrons. The van der Waals surface area contributed by atoms with Crippen molar-refractivity contribution < 1.29 is 0 Å². The molecular formula is C14H14N2O2. The van der Waals surface area contributed by atoms with Crippen LogP contribution < -0.4 is 11.1 Å². The van der Waals surface area contributed by atoms with E-state index in [2.05, 4.69) is 6.58 Å². The maximum absolute atomic E-state index is 12.0. The molecular weight excluding hydrogens is 228 g/mol. The van der Waals surface area contributed by atoms with Gasteiger partial charge < -0.3 is 4.57 Å². The summed E-state index contributed by atoms with van der Waals surface area (Å²) in [4.78, 5) is 23.9. The molecule has 4 nitrogen and oxygen atoms in total. The van der Waals surface area contributed by atoms with E-state index in [1.807, 2.05) is 31.2 Å². The van der Waals surface area contributed by atoms with Crippen molar-refractivity contribution in [3.63, 3.8) is 0 Å². The molecule has 0 aliphatic rings. The number of para-hydroxylation sites is 1. The molecule has 1 heterocycles. The van der Waals surface area contributed by atoms with Crippen LogP contribution in [0.4, 0.5) is 0 Å². The maximum atomic E-state index is 12.0. The van der Waals surface area contributed by atoms with Crippen molar-refractivity contribution in [3.05, 3.63) is 75.6 Å². The smallest absolute Gasteiger partial charge is 0.306 e. The number of hydrogen-bond donors (Lipinski definition) is 0. The molecule has 0 spiro atoms. The summed E-state index contributed by atoms with van der Waals surface area (Å²) in [7, 11) is 0. The lowest BCUT2D eigenvalue weighted by molar-refractivity contribution is 0.732. The van der Waals surface area contributed by atoms with Crippen LogP contribution in [-0.4, -0.2) is 9.13 Å². The molecule has 0 aliphatic heterocycles. The van der Waals surface area contributed by atoms with Crippen LogP contribution in [-0.2, 0) is 6.54 Å². The van der Waals surface area contributed by atoms with Crippen molar-refractivity contribution in [1.29, 1.82) is 0 Å². The number of rotatable bonds is 3. The van der Waals surface area contributed by atoms with Crippen molar-refractivity contribution in [1.82, 2.24) is 9.13 Å². The molecule has 0 aliphatic carbocycles. The van der Waals surface area contributed by atoms with E-state index >= 15 is 0 Å². The van der Waals surface area contributed by atoms with Gasteiger partial charge in [0.05, 0.1) is 5.69 Å². The van der Waals surface area contributed by atoms with E-state index < -0.39 is 11.1 Å². The highest BCUT2D eigenvalue weighted by Crippen LogP contribution is 2.09. The van der Waals surface area contributed by atoms with Crippen molar-refractivity contribution in [3.8, 4) is 5.69 Å². The molecule has 2 rings (SSSR count). The molecule has 0 fully saturated rings. The highest BCUT2D eigenvalue weighted by atomic mass is 16.2. The molecule has 0 N–H and O–H groups in total. The Morgan fingerprint density at radius 2 is 1.89 bits per heavy atom. The van der Waals surface area contributed by atoms with Crippen LogP contribution in [0.5, 0.6) is 0 Å². The van der Waals surface area contributed by atoms with Crippen LogP contribution in [0.3, 0.4) is 0 Å². The van der Waals surface area contributed by atoms with E-state index in [0.717, 1.165) is 11.3 Å². The highest BCUT2D eigenvalue weighted by Gasteiger charge is 2.07. The molecule has 0 amide bonds. The average Bonchev–Trinajstić information content (AvgIpc) is 2.37. The third-order valence-electron chi connectivity index (χ3n) is 2.76. The monoisotopic (exact) mass is 242 g/mol. The Balaban J connectivity index is 2.65. The number of nitrogens with zero attached hydrogens (tertiary/aromatic N) is 2. The molecule has 18 heavy (non-hydrogen) atoms. The van der Waals surface area contributed by atoms with Gasteiger partial charge in [-0.25, -0.2) is 0 Å². The van der Waals surface area contributed by atoms with E-state index in [0.29, 0.717) is 6.54 Å². The minimum absolute atomic E-state index is 0.336. The summed E-state index contributed by atoms with van der Waals surface area (Å²) in [6, 6.07) is 7.44. The minimum atomic E-state index is -0.548. The Bertz CT molecular complexity index is 695. The fraction of sp³-hybridized carbons (Fsp3) is 0.143. The summed E-state index contributed by atoms with van der Waals surface area (Å²) in [5, 5.41) is 0. The van der Waals surface area contributed by atoms with E-state index in [-0.39, 0.29) is 0 Å². The topological polar surface area (TPSA) is 44.0 Å². The van der Waals surface area contributed by atoms with Crippen LogP contribution >= 0.6 is 0 Å². The molecule has 4 heteroatoms. The zero-order valence-electron chi connectivity index (χ0n) is 10.2. The molecule has 1 aromatic carbocycles. The predicted octanol–water partition coefficient (Wildman–Crippen LogP) is 1.49. The first kappa shape index (κ1) is 12.1. The quantitative estimate of drug-likeness (QED) is 0.604. The standard InChI is InChI=1S/C14H14N2O2/c1-3-8-15-9-10-16(14(18)13(15)17)12-7-5-4-6-11(12)2/h3-7,9-10H,1,8H2,2H3. The summed E-state index contributed by atoms with van der Waals surface area (Å²) >= 11 is 0. The van der Waals surface area contributed by atoms with Gasteiger partial charge in [-0.05, 0) is 18.6 Å². The first-order chi connectivity index (χ1) is 8.65. The number of aryl methyl sites for hydroxylation is 1. The van der Waals surface area contributed by atoms with Crippen molar-refractivity contribution >= 4 is 0 Å². The van der Waals surface area contributed by atoms with Gasteiger partial charge in [-0.3, -0.25) is 14.2 Å². The second-order valence-corrected chi connectivity index (χ2v) is 4.01. The van der Waals surface area contributed by atoms with Crippen molar-refractivity contribution in [2.75, 3.05) is 0 Å². The molecule has 0 atom stereocenters. The third-order valence-corrected chi connectivity index (χ3v) is 2.76. The largest absolute Gasteiger partial charge is 0.320 e. The fourth-order valence-electron chi connectivity index (χ4n) is 1.81. The molecule has 2 aromatic rings. The molecule has 0 saturated heterocycles. The summed E-state index contributed by atoms with van der Waals surface area (Å²) in [6.07, 6.45) is 4.78. The fourth-order valence-corrected chi connectivity index (χ4v) is 1.81. The lowest BCUT2D eigenvalue weighted by Crippen LogP contribution is -2.39. The third kappa shape index (κ3) is 2.05. The molecule has 0 unspecified atom stereocenters. The van der Waals surface area contributed by atoms with Gasteiger partial charge >= 0.3 is 11.1 Å². The molecule has 1 aromatic heterocycles. The van der Waals surface area contributed by atoms with Gasteiger partial charge in [-0.1, -0.05) is 24.3 Å². The first-order valence-electron chi connectivity index (χ1n) is 5.64. The number of hydrogen-bond acceptors (Lipinski definition) is 2. The van der Waals surface area contributed by atoms with E-state index in [1.165, 1.54) is 9.13 Å². The first-order valence-corrected chi connectivity index (χ1v) is 5.64. The Labute approximate surface area is 104 Å². The van der Waals surface area contributed by atoms with Gasteiger partial charge in [0, 0.05) is 18.9 Å².